The molecule has 0 radical (unpaired) electrons. The van der Waals surface area contributed by atoms with Gasteiger partial charge in [-0.2, -0.15) is 0 Å². The summed E-state index contributed by atoms with van der Waals surface area (Å²) in [6, 6.07) is 8.86. The molecule has 1 aromatic carbocycles. The number of aromatic nitrogens is 1. The average molecular weight is 242 g/mol. The van der Waals surface area contributed by atoms with E-state index in [4.69, 9.17) is 0 Å². The van der Waals surface area contributed by atoms with Crippen molar-refractivity contribution in [3.8, 4) is 0 Å². The fourth-order valence-electron chi connectivity index (χ4n) is 3.06. The minimum Gasteiger partial charge on any atom is -0.347 e. The first-order valence-corrected chi connectivity index (χ1v) is 7.10. The third kappa shape index (κ3) is 2.30. The van der Waals surface area contributed by atoms with Crippen molar-refractivity contribution >= 4 is 10.9 Å². The molecule has 0 spiro atoms. The van der Waals surface area contributed by atoms with E-state index in [9.17, 15) is 0 Å². The predicted molar refractivity (Wildman–Crippen MR) is 76.9 cm³/mol. The first kappa shape index (κ1) is 11.8. The Morgan fingerprint density at radius 2 is 2.06 bits per heavy atom. The first-order chi connectivity index (χ1) is 8.84. The molecule has 2 nitrogen and oxygen atoms in total. The maximum atomic E-state index is 3.44. The topological polar surface area (TPSA) is 17.0 Å². The highest BCUT2D eigenvalue weighted by Crippen LogP contribution is 2.22. The molecule has 18 heavy (non-hydrogen) atoms. The van der Waals surface area contributed by atoms with Crippen LogP contribution in [0.1, 0.15) is 24.8 Å². The van der Waals surface area contributed by atoms with Crippen LogP contribution in [0.4, 0.5) is 0 Å². The van der Waals surface area contributed by atoms with E-state index in [0.717, 1.165) is 12.5 Å². The number of benzene rings is 1. The van der Waals surface area contributed by atoms with Crippen LogP contribution in [0.5, 0.6) is 0 Å². The molecule has 1 fully saturated rings. The molecule has 96 valence electrons. The molecule has 0 saturated carbocycles. The number of nitrogens with zero attached hydrogens (tertiary/aromatic N) is 1. The Labute approximate surface area is 109 Å². The van der Waals surface area contributed by atoms with Gasteiger partial charge in [0.1, 0.15) is 0 Å². The highest BCUT2D eigenvalue weighted by Gasteiger charge is 2.13. The summed E-state index contributed by atoms with van der Waals surface area (Å²) >= 11 is 0. The number of hydrogen-bond acceptors (Lipinski definition) is 1. The van der Waals surface area contributed by atoms with E-state index in [2.05, 4.69) is 47.3 Å². The molecule has 2 aromatic rings. The molecule has 0 aliphatic carbocycles. The number of aryl methyl sites for hydroxylation is 2. The number of fused-ring (bicyclic) bond motifs is 1. The Morgan fingerprint density at radius 3 is 2.89 bits per heavy atom. The summed E-state index contributed by atoms with van der Waals surface area (Å²) in [5.74, 6) is 0.911. The van der Waals surface area contributed by atoms with Crippen molar-refractivity contribution in [3.05, 3.63) is 36.0 Å². The molecule has 0 amide bonds. The zero-order valence-electron chi connectivity index (χ0n) is 11.2. The van der Waals surface area contributed by atoms with Crippen LogP contribution in [0.3, 0.4) is 0 Å². The first-order valence-electron chi connectivity index (χ1n) is 7.10. The lowest BCUT2D eigenvalue weighted by Gasteiger charge is -2.22. The Balaban J connectivity index is 1.72. The lowest BCUT2D eigenvalue weighted by Crippen LogP contribution is -2.28. The second kappa shape index (κ2) is 5.15. The summed E-state index contributed by atoms with van der Waals surface area (Å²) in [4.78, 5) is 0. The van der Waals surface area contributed by atoms with Crippen LogP contribution in [-0.4, -0.2) is 17.7 Å². The molecule has 2 heteroatoms. The van der Waals surface area contributed by atoms with Crippen molar-refractivity contribution in [3.63, 3.8) is 0 Å². The maximum absolute atomic E-state index is 3.44. The van der Waals surface area contributed by atoms with E-state index < -0.39 is 0 Å². The normalized spacial score (nSPS) is 17.4. The van der Waals surface area contributed by atoms with Gasteiger partial charge < -0.3 is 9.88 Å². The summed E-state index contributed by atoms with van der Waals surface area (Å²) in [6.07, 6.45) is 6.26. The van der Waals surface area contributed by atoms with Crippen molar-refractivity contribution in [1.29, 1.82) is 0 Å². The molecular weight excluding hydrogens is 220 g/mol. The predicted octanol–water partition coefficient (Wildman–Crippen LogP) is 3.34. The molecule has 1 aliphatic rings. The van der Waals surface area contributed by atoms with E-state index in [1.807, 2.05) is 0 Å². The van der Waals surface area contributed by atoms with Gasteiger partial charge in [-0.1, -0.05) is 12.1 Å². The Morgan fingerprint density at radius 1 is 1.22 bits per heavy atom. The van der Waals surface area contributed by atoms with Gasteiger partial charge in [0.05, 0.1) is 0 Å². The zero-order chi connectivity index (χ0) is 12.4. The van der Waals surface area contributed by atoms with E-state index in [1.54, 1.807) is 0 Å². The fourth-order valence-corrected chi connectivity index (χ4v) is 3.06. The number of rotatable bonds is 3. The summed E-state index contributed by atoms with van der Waals surface area (Å²) in [5, 5.41) is 4.84. The Bertz CT molecular complexity index is 521. The van der Waals surface area contributed by atoms with Crippen LogP contribution in [0.25, 0.3) is 10.9 Å². The zero-order valence-corrected chi connectivity index (χ0v) is 11.2. The molecule has 1 N–H and O–H groups in total. The summed E-state index contributed by atoms with van der Waals surface area (Å²) in [6.45, 7) is 5.77. The molecule has 2 heterocycles. The van der Waals surface area contributed by atoms with Gasteiger partial charge in [-0.05, 0) is 62.9 Å². The number of piperidine rings is 1. The molecule has 1 aliphatic heterocycles. The highest BCUT2D eigenvalue weighted by atomic mass is 15.0. The van der Waals surface area contributed by atoms with E-state index in [0.29, 0.717) is 0 Å². The standard InChI is InChI=1S/C16H22N2/c1-13-3-2-4-16-15(13)8-12-18(16)11-7-14-5-9-17-10-6-14/h2-4,8,12,14,17H,5-7,9-11H2,1H3. The van der Waals surface area contributed by atoms with Crippen LogP contribution >= 0.6 is 0 Å². The fraction of sp³-hybridized carbons (Fsp3) is 0.500. The average Bonchev–Trinajstić information content (AvgIpc) is 2.82. The van der Waals surface area contributed by atoms with Gasteiger partial charge in [0.25, 0.3) is 0 Å². The summed E-state index contributed by atoms with van der Waals surface area (Å²) < 4.78 is 2.42. The van der Waals surface area contributed by atoms with E-state index >= 15 is 0 Å². The maximum Gasteiger partial charge on any atom is 0.0482 e. The van der Waals surface area contributed by atoms with Gasteiger partial charge >= 0.3 is 0 Å². The minimum absolute atomic E-state index is 0.911. The van der Waals surface area contributed by atoms with Gasteiger partial charge in [-0.3, -0.25) is 0 Å². The second-order valence-electron chi connectivity index (χ2n) is 5.50. The molecule has 0 unspecified atom stereocenters. The third-order valence-electron chi connectivity index (χ3n) is 4.27. The monoisotopic (exact) mass is 242 g/mol. The van der Waals surface area contributed by atoms with E-state index in [1.165, 1.54) is 48.8 Å². The van der Waals surface area contributed by atoms with Crippen molar-refractivity contribution in [2.75, 3.05) is 13.1 Å². The van der Waals surface area contributed by atoms with Crippen LogP contribution in [0.2, 0.25) is 0 Å². The SMILES string of the molecule is Cc1cccc2c1ccn2CCC1CCNCC1. The van der Waals surface area contributed by atoms with Crippen LogP contribution in [-0.2, 0) is 6.54 Å². The van der Waals surface area contributed by atoms with Crippen LogP contribution in [0.15, 0.2) is 30.5 Å². The second-order valence-corrected chi connectivity index (χ2v) is 5.50. The highest BCUT2D eigenvalue weighted by molar-refractivity contribution is 5.83. The van der Waals surface area contributed by atoms with Gasteiger partial charge in [0.15, 0.2) is 0 Å². The Hall–Kier alpha value is -1.28. The molecular formula is C16H22N2. The van der Waals surface area contributed by atoms with Gasteiger partial charge in [0.2, 0.25) is 0 Å². The third-order valence-corrected chi connectivity index (χ3v) is 4.27. The lowest BCUT2D eigenvalue weighted by molar-refractivity contribution is 0.339. The van der Waals surface area contributed by atoms with Crippen LogP contribution in [0, 0.1) is 12.8 Å². The van der Waals surface area contributed by atoms with Crippen molar-refractivity contribution in [2.45, 2.75) is 32.7 Å². The Kier molecular flexibility index (Phi) is 3.37. The van der Waals surface area contributed by atoms with Crippen molar-refractivity contribution < 1.29 is 0 Å². The van der Waals surface area contributed by atoms with Crippen molar-refractivity contribution in [2.24, 2.45) is 5.92 Å². The minimum atomic E-state index is 0.911. The van der Waals surface area contributed by atoms with Gasteiger partial charge in [-0.15, -0.1) is 0 Å². The largest absolute Gasteiger partial charge is 0.347 e. The van der Waals surface area contributed by atoms with Gasteiger partial charge in [-0.25, -0.2) is 0 Å². The molecule has 0 bridgehead atoms. The van der Waals surface area contributed by atoms with Gasteiger partial charge in [0, 0.05) is 23.6 Å². The lowest BCUT2D eigenvalue weighted by atomic mass is 9.95. The van der Waals surface area contributed by atoms with Crippen LogP contribution < -0.4 is 5.32 Å². The van der Waals surface area contributed by atoms with Crippen molar-refractivity contribution in [1.82, 2.24) is 9.88 Å². The molecule has 1 saturated heterocycles. The van der Waals surface area contributed by atoms with E-state index in [-0.39, 0.29) is 0 Å². The smallest absolute Gasteiger partial charge is 0.0482 e. The summed E-state index contributed by atoms with van der Waals surface area (Å²) in [5.41, 5.74) is 2.78. The summed E-state index contributed by atoms with van der Waals surface area (Å²) in [7, 11) is 0. The molecule has 1 aromatic heterocycles. The quantitative estimate of drug-likeness (QED) is 0.873. The molecule has 0 atom stereocenters. The molecule has 3 rings (SSSR count). The number of hydrogen-bond donors (Lipinski definition) is 1. The number of nitrogens with one attached hydrogen (secondary N) is 1.